The number of amides is 1. The van der Waals surface area contributed by atoms with Gasteiger partial charge in [-0.15, -0.1) is 0 Å². The van der Waals surface area contributed by atoms with Crippen LogP contribution in [0.1, 0.15) is 30.1 Å². The first-order valence-corrected chi connectivity index (χ1v) is 7.87. The second-order valence-electron chi connectivity index (χ2n) is 5.97. The van der Waals surface area contributed by atoms with E-state index in [1.165, 1.54) is 0 Å². The first kappa shape index (κ1) is 15.4. The van der Waals surface area contributed by atoms with E-state index >= 15 is 0 Å². The molecule has 0 bridgehead atoms. The Morgan fingerprint density at radius 3 is 2.39 bits per heavy atom. The third-order valence-corrected chi connectivity index (χ3v) is 4.42. The number of phenolic OH excluding ortho intramolecular Hbond substituents is 1. The molecule has 1 N–H and O–H groups in total. The van der Waals surface area contributed by atoms with Gasteiger partial charge in [-0.1, -0.05) is 12.1 Å². The molecule has 1 aliphatic rings. The second-order valence-corrected chi connectivity index (χ2v) is 5.97. The summed E-state index contributed by atoms with van der Waals surface area (Å²) in [6.45, 7) is 2.07. The van der Waals surface area contributed by atoms with Gasteiger partial charge < -0.3 is 14.7 Å². The molecule has 4 heteroatoms. The van der Waals surface area contributed by atoms with Crippen LogP contribution in [0.15, 0.2) is 48.5 Å². The van der Waals surface area contributed by atoms with Gasteiger partial charge in [-0.05, 0) is 62.1 Å². The molecule has 1 saturated carbocycles. The lowest BCUT2D eigenvalue weighted by Crippen LogP contribution is -2.40. The van der Waals surface area contributed by atoms with E-state index in [0.717, 1.165) is 24.3 Å². The highest BCUT2D eigenvalue weighted by Crippen LogP contribution is 2.38. The highest BCUT2D eigenvalue weighted by atomic mass is 16.5. The lowest BCUT2D eigenvalue weighted by molar-refractivity contribution is 0.0973. The minimum atomic E-state index is -0.173. The molecule has 23 heavy (non-hydrogen) atoms. The normalized spacial score (nSPS) is 15.0. The minimum absolute atomic E-state index is 0.0130. The van der Waals surface area contributed by atoms with Gasteiger partial charge in [-0.3, -0.25) is 4.79 Å². The molecular formula is C19H21NO3. The molecule has 0 saturated heterocycles. The van der Waals surface area contributed by atoms with E-state index in [-0.39, 0.29) is 17.7 Å². The number of nitrogens with zero attached hydrogens (tertiary/aromatic N) is 1. The van der Waals surface area contributed by atoms with Gasteiger partial charge in [0, 0.05) is 11.7 Å². The van der Waals surface area contributed by atoms with Crippen molar-refractivity contribution in [3.63, 3.8) is 0 Å². The quantitative estimate of drug-likeness (QED) is 0.912. The first-order chi connectivity index (χ1) is 11.1. The van der Waals surface area contributed by atoms with Crippen LogP contribution in [-0.4, -0.2) is 24.2 Å². The molecule has 1 aliphatic carbocycles. The Bertz CT molecular complexity index is 692. The van der Waals surface area contributed by atoms with Crippen molar-refractivity contribution in [2.75, 3.05) is 12.0 Å². The third kappa shape index (κ3) is 3.16. The molecule has 0 aromatic heterocycles. The summed E-state index contributed by atoms with van der Waals surface area (Å²) in [5.74, 6) is 1.11. The summed E-state index contributed by atoms with van der Waals surface area (Å²) in [5, 5.41) is 10.0. The maximum absolute atomic E-state index is 13.0. The van der Waals surface area contributed by atoms with E-state index in [1.54, 1.807) is 36.3 Å². The van der Waals surface area contributed by atoms with Crippen LogP contribution in [-0.2, 0) is 0 Å². The summed E-state index contributed by atoms with van der Waals surface area (Å²) < 4.78 is 5.19. The number of benzene rings is 2. The topological polar surface area (TPSA) is 49.8 Å². The van der Waals surface area contributed by atoms with E-state index < -0.39 is 0 Å². The van der Waals surface area contributed by atoms with Crippen molar-refractivity contribution in [3.8, 4) is 11.5 Å². The van der Waals surface area contributed by atoms with Gasteiger partial charge in [0.2, 0.25) is 0 Å². The zero-order valence-electron chi connectivity index (χ0n) is 13.4. The molecule has 0 aliphatic heterocycles. The highest BCUT2D eigenvalue weighted by Gasteiger charge is 2.36. The molecule has 2 aromatic rings. The van der Waals surface area contributed by atoms with E-state index in [0.29, 0.717) is 11.5 Å². The summed E-state index contributed by atoms with van der Waals surface area (Å²) in [7, 11) is 1.62. The smallest absolute Gasteiger partial charge is 0.262 e. The second kappa shape index (κ2) is 6.32. The minimum Gasteiger partial charge on any atom is -0.507 e. The number of carbonyl (C=O) groups is 1. The van der Waals surface area contributed by atoms with Crippen LogP contribution in [0.4, 0.5) is 5.69 Å². The Labute approximate surface area is 136 Å². The van der Waals surface area contributed by atoms with Crippen LogP contribution in [0, 0.1) is 5.92 Å². The number of aromatic hydroxyl groups is 1. The van der Waals surface area contributed by atoms with E-state index in [2.05, 4.69) is 6.92 Å². The molecule has 1 fully saturated rings. The predicted molar refractivity (Wildman–Crippen MR) is 90.1 cm³/mol. The monoisotopic (exact) mass is 311 g/mol. The highest BCUT2D eigenvalue weighted by molar-refractivity contribution is 6.08. The number of hydrogen-bond acceptors (Lipinski definition) is 3. The van der Waals surface area contributed by atoms with Gasteiger partial charge in [-0.2, -0.15) is 0 Å². The van der Waals surface area contributed by atoms with Crippen molar-refractivity contribution < 1.29 is 14.6 Å². The molecule has 4 nitrogen and oxygen atoms in total. The fraction of sp³-hybridized carbons (Fsp3) is 0.316. The van der Waals surface area contributed by atoms with Gasteiger partial charge in [0.15, 0.2) is 0 Å². The van der Waals surface area contributed by atoms with Crippen LogP contribution in [0.5, 0.6) is 11.5 Å². The number of carbonyl (C=O) groups excluding carboxylic acids is 1. The molecule has 3 rings (SSSR count). The van der Waals surface area contributed by atoms with Gasteiger partial charge >= 0.3 is 0 Å². The number of para-hydroxylation sites is 1. The molecule has 2 aromatic carbocycles. The maximum Gasteiger partial charge on any atom is 0.262 e. The summed E-state index contributed by atoms with van der Waals surface area (Å²) in [6.07, 6.45) is 2.28. The van der Waals surface area contributed by atoms with Crippen molar-refractivity contribution in [1.29, 1.82) is 0 Å². The van der Waals surface area contributed by atoms with E-state index in [1.807, 2.05) is 24.3 Å². The van der Waals surface area contributed by atoms with Crippen LogP contribution < -0.4 is 9.64 Å². The van der Waals surface area contributed by atoms with Crippen LogP contribution in [0.3, 0.4) is 0 Å². The number of rotatable bonds is 5. The number of methoxy groups -OCH3 is 1. The molecule has 1 atom stereocenters. The maximum atomic E-state index is 13.0. The number of hydrogen-bond donors (Lipinski definition) is 1. The lowest BCUT2D eigenvalue weighted by Gasteiger charge is -2.30. The largest absolute Gasteiger partial charge is 0.507 e. The van der Waals surface area contributed by atoms with Gasteiger partial charge in [0.05, 0.1) is 12.7 Å². The van der Waals surface area contributed by atoms with Crippen molar-refractivity contribution in [3.05, 3.63) is 54.1 Å². The molecule has 0 spiro atoms. The summed E-state index contributed by atoms with van der Waals surface area (Å²) in [6, 6.07) is 14.2. The van der Waals surface area contributed by atoms with Crippen molar-refractivity contribution in [1.82, 2.24) is 0 Å². The zero-order chi connectivity index (χ0) is 16.4. The zero-order valence-corrected chi connectivity index (χ0v) is 13.4. The average Bonchev–Trinajstić information content (AvgIpc) is 3.41. The Hall–Kier alpha value is -2.49. The van der Waals surface area contributed by atoms with Gasteiger partial charge in [-0.25, -0.2) is 0 Å². The number of ether oxygens (including phenoxy) is 1. The van der Waals surface area contributed by atoms with Crippen molar-refractivity contribution >= 4 is 11.6 Å². The van der Waals surface area contributed by atoms with E-state index in [9.17, 15) is 9.90 Å². The summed E-state index contributed by atoms with van der Waals surface area (Å²) >= 11 is 0. The van der Waals surface area contributed by atoms with Crippen LogP contribution in [0.2, 0.25) is 0 Å². The Morgan fingerprint density at radius 2 is 1.83 bits per heavy atom. The first-order valence-electron chi connectivity index (χ1n) is 7.87. The average molecular weight is 311 g/mol. The van der Waals surface area contributed by atoms with Gasteiger partial charge in [0.25, 0.3) is 5.91 Å². The van der Waals surface area contributed by atoms with E-state index in [4.69, 9.17) is 4.74 Å². The molecular weight excluding hydrogens is 290 g/mol. The number of anilines is 1. The molecule has 1 amide bonds. The Balaban J connectivity index is 1.97. The summed E-state index contributed by atoms with van der Waals surface area (Å²) in [4.78, 5) is 14.8. The molecule has 0 radical (unpaired) electrons. The Kier molecular flexibility index (Phi) is 4.24. The predicted octanol–water partition coefficient (Wildman–Crippen LogP) is 3.85. The fourth-order valence-corrected chi connectivity index (χ4v) is 2.85. The lowest BCUT2D eigenvalue weighted by atomic mass is 10.1. The Morgan fingerprint density at radius 1 is 1.17 bits per heavy atom. The summed E-state index contributed by atoms with van der Waals surface area (Å²) in [5.41, 5.74) is 1.15. The fourth-order valence-electron chi connectivity index (χ4n) is 2.85. The third-order valence-electron chi connectivity index (χ3n) is 4.42. The molecule has 0 unspecified atom stereocenters. The van der Waals surface area contributed by atoms with Crippen molar-refractivity contribution in [2.45, 2.75) is 25.8 Å². The van der Waals surface area contributed by atoms with Crippen molar-refractivity contribution in [2.24, 2.45) is 5.92 Å². The van der Waals surface area contributed by atoms with Crippen LogP contribution >= 0.6 is 0 Å². The standard InChI is InChI=1S/C19H21NO3/c1-13(14-7-8-14)20(15-9-11-16(23-2)12-10-15)19(22)17-5-3-4-6-18(17)21/h3-6,9-14,21H,7-8H2,1-2H3/t13-/m1/s1. The molecule has 120 valence electrons. The SMILES string of the molecule is COc1ccc(N(C(=O)c2ccccc2O)[C@H](C)C2CC2)cc1. The number of phenols is 1. The molecule has 0 heterocycles. The van der Waals surface area contributed by atoms with Gasteiger partial charge in [0.1, 0.15) is 11.5 Å². The van der Waals surface area contributed by atoms with Crippen LogP contribution in [0.25, 0.3) is 0 Å².